The number of methoxy groups -OCH3 is 1. The maximum atomic E-state index is 12.3. The molecule has 0 saturated heterocycles. The number of carbonyl (C=O) groups is 1. The molecule has 1 aliphatic heterocycles. The highest BCUT2D eigenvalue weighted by Gasteiger charge is 2.47. The van der Waals surface area contributed by atoms with E-state index < -0.39 is 8.07 Å². The number of benzene rings is 3. The molecule has 0 bridgehead atoms. The van der Waals surface area contributed by atoms with Crippen LogP contribution in [0.1, 0.15) is 42.3 Å². The second-order valence-electron chi connectivity index (χ2n) is 9.97. The average Bonchev–Trinajstić information content (AvgIpc) is 2.86. The fraction of sp³-hybridized carbons (Fsp3) is 0.345. The first-order chi connectivity index (χ1) is 16.4. The van der Waals surface area contributed by atoms with Crippen LogP contribution in [0.4, 0.5) is 0 Å². The molecule has 178 valence electrons. The monoisotopic (exact) mass is 473 g/mol. The van der Waals surface area contributed by atoms with Crippen molar-refractivity contribution in [1.29, 1.82) is 0 Å². The standard InChI is InChI=1S/C29H35NO3Si/c1-29(2,3)34(22-11-7-5-8-12-22,23-13-9-6-10-14-23)20-19-33-27-16-15-25(28(31)32-4)26-21-30-18-17-24(26)27/h5-16,30H,17-21H2,1-4H3. The predicted molar refractivity (Wildman–Crippen MR) is 141 cm³/mol. The molecule has 5 heteroatoms. The summed E-state index contributed by atoms with van der Waals surface area (Å²) in [6, 6.07) is 26.7. The average molecular weight is 474 g/mol. The highest BCUT2D eigenvalue weighted by molar-refractivity contribution is 7.04. The second-order valence-corrected chi connectivity index (χ2v) is 14.9. The summed E-state index contributed by atoms with van der Waals surface area (Å²) in [7, 11) is -0.755. The second kappa shape index (κ2) is 10.2. The molecule has 0 aromatic heterocycles. The van der Waals surface area contributed by atoms with Crippen LogP contribution in [-0.4, -0.2) is 34.3 Å². The van der Waals surface area contributed by atoms with E-state index in [9.17, 15) is 4.79 Å². The molecule has 1 heterocycles. The minimum absolute atomic E-state index is 0.0944. The summed E-state index contributed by atoms with van der Waals surface area (Å²) in [4.78, 5) is 12.3. The molecule has 3 aromatic rings. The van der Waals surface area contributed by atoms with Gasteiger partial charge in [-0.2, -0.15) is 0 Å². The lowest BCUT2D eigenvalue weighted by Gasteiger charge is -2.44. The summed E-state index contributed by atoms with van der Waals surface area (Å²) in [5.74, 6) is 0.598. The first-order valence-electron chi connectivity index (χ1n) is 12.1. The zero-order valence-corrected chi connectivity index (χ0v) is 21.7. The van der Waals surface area contributed by atoms with Crippen LogP contribution >= 0.6 is 0 Å². The van der Waals surface area contributed by atoms with Gasteiger partial charge >= 0.3 is 5.97 Å². The van der Waals surface area contributed by atoms with Crippen LogP contribution in [0.3, 0.4) is 0 Å². The van der Waals surface area contributed by atoms with Gasteiger partial charge in [0.05, 0.1) is 19.3 Å². The summed E-state index contributed by atoms with van der Waals surface area (Å²) in [5, 5.41) is 6.34. The minimum atomic E-state index is -2.18. The van der Waals surface area contributed by atoms with Crippen molar-refractivity contribution in [3.63, 3.8) is 0 Å². The fourth-order valence-electron chi connectivity index (χ4n) is 5.47. The van der Waals surface area contributed by atoms with Crippen molar-refractivity contribution in [2.75, 3.05) is 20.3 Å². The first-order valence-corrected chi connectivity index (χ1v) is 14.3. The Morgan fingerprint density at radius 3 is 2.09 bits per heavy atom. The smallest absolute Gasteiger partial charge is 0.338 e. The van der Waals surface area contributed by atoms with Crippen LogP contribution in [0.25, 0.3) is 0 Å². The van der Waals surface area contributed by atoms with E-state index in [-0.39, 0.29) is 11.0 Å². The van der Waals surface area contributed by atoms with Crippen LogP contribution in [0.15, 0.2) is 72.8 Å². The lowest BCUT2D eigenvalue weighted by atomic mass is 9.95. The lowest BCUT2D eigenvalue weighted by molar-refractivity contribution is 0.0599. The molecule has 0 fully saturated rings. The number of fused-ring (bicyclic) bond motifs is 1. The van der Waals surface area contributed by atoms with Crippen molar-refractivity contribution in [3.05, 3.63) is 89.5 Å². The fourth-order valence-corrected chi connectivity index (χ4v) is 10.8. The van der Waals surface area contributed by atoms with Crippen molar-refractivity contribution >= 4 is 24.4 Å². The minimum Gasteiger partial charge on any atom is -0.494 e. The summed E-state index contributed by atoms with van der Waals surface area (Å²) >= 11 is 0. The van der Waals surface area contributed by atoms with E-state index in [2.05, 4.69) is 86.8 Å². The van der Waals surface area contributed by atoms with E-state index in [0.29, 0.717) is 18.7 Å². The molecule has 3 aromatic carbocycles. The van der Waals surface area contributed by atoms with Crippen LogP contribution in [0.5, 0.6) is 5.75 Å². The van der Waals surface area contributed by atoms with Gasteiger partial charge in [-0.25, -0.2) is 4.79 Å². The third-order valence-corrected chi connectivity index (χ3v) is 13.3. The van der Waals surface area contributed by atoms with E-state index in [1.165, 1.54) is 17.5 Å². The molecule has 0 unspecified atom stereocenters. The predicted octanol–water partition coefficient (Wildman–Crippen LogP) is 4.56. The molecule has 0 amide bonds. The SMILES string of the molecule is COC(=O)c1ccc(OCC[Si](c2ccccc2)(c2ccccc2)C(C)(C)C)c2c1CNCC2. The highest BCUT2D eigenvalue weighted by Crippen LogP contribution is 2.39. The Morgan fingerprint density at radius 2 is 1.53 bits per heavy atom. The third-order valence-electron chi connectivity index (χ3n) is 7.20. The Bertz CT molecular complexity index is 1080. The van der Waals surface area contributed by atoms with Crippen LogP contribution in [-0.2, 0) is 17.7 Å². The first kappa shape index (κ1) is 24.2. The van der Waals surface area contributed by atoms with Crippen molar-refractivity contribution in [1.82, 2.24) is 5.32 Å². The van der Waals surface area contributed by atoms with Crippen LogP contribution in [0, 0.1) is 0 Å². The molecule has 1 N–H and O–H groups in total. The molecule has 4 rings (SSSR count). The molecule has 0 saturated carbocycles. The summed E-state index contributed by atoms with van der Waals surface area (Å²) < 4.78 is 11.5. The van der Waals surface area contributed by atoms with E-state index in [4.69, 9.17) is 9.47 Å². The molecule has 0 spiro atoms. The molecule has 34 heavy (non-hydrogen) atoms. The Hall–Kier alpha value is -2.89. The number of esters is 1. The molecular weight excluding hydrogens is 438 g/mol. The number of ether oxygens (including phenoxy) is 2. The molecule has 0 atom stereocenters. The number of carbonyl (C=O) groups excluding carboxylic acids is 1. The van der Waals surface area contributed by atoms with Crippen LogP contribution in [0.2, 0.25) is 11.1 Å². The lowest BCUT2D eigenvalue weighted by Crippen LogP contribution is -2.64. The van der Waals surface area contributed by atoms with E-state index in [1.54, 1.807) is 0 Å². The summed E-state index contributed by atoms with van der Waals surface area (Å²) in [5.41, 5.74) is 2.76. The van der Waals surface area contributed by atoms with Gasteiger partial charge in [-0.15, -0.1) is 0 Å². The maximum Gasteiger partial charge on any atom is 0.338 e. The Labute approximate surface area is 204 Å². The number of hydrogen-bond donors (Lipinski definition) is 1. The Balaban J connectivity index is 1.68. The van der Waals surface area contributed by atoms with Crippen LogP contribution < -0.4 is 20.4 Å². The summed E-state index contributed by atoms with van der Waals surface area (Å²) in [6.07, 6.45) is 0.842. The number of rotatable bonds is 7. The van der Waals surface area contributed by atoms with E-state index >= 15 is 0 Å². The topological polar surface area (TPSA) is 47.6 Å². The van der Waals surface area contributed by atoms with Gasteiger partial charge < -0.3 is 14.8 Å². The quantitative estimate of drug-likeness (QED) is 0.404. The van der Waals surface area contributed by atoms with Crippen molar-refractivity contribution < 1.29 is 14.3 Å². The van der Waals surface area contributed by atoms with Gasteiger partial charge in [0.1, 0.15) is 13.8 Å². The van der Waals surface area contributed by atoms with Gasteiger partial charge in [-0.05, 0) is 41.7 Å². The van der Waals surface area contributed by atoms with Gasteiger partial charge in [0, 0.05) is 12.1 Å². The molecule has 0 aliphatic carbocycles. The summed E-state index contributed by atoms with van der Waals surface area (Å²) in [6.45, 7) is 9.28. The number of hydrogen-bond acceptors (Lipinski definition) is 4. The van der Waals surface area contributed by atoms with Crippen molar-refractivity contribution in [3.8, 4) is 5.75 Å². The van der Waals surface area contributed by atoms with Gasteiger partial charge in [0.25, 0.3) is 0 Å². The molecular formula is C29H35NO3Si. The van der Waals surface area contributed by atoms with Crippen molar-refractivity contribution in [2.24, 2.45) is 0 Å². The van der Waals surface area contributed by atoms with Crippen molar-refractivity contribution in [2.45, 2.75) is 44.8 Å². The van der Waals surface area contributed by atoms with Gasteiger partial charge in [0.2, 0.25) is 0 Å². The molecule has 0 radical (unpaired) electrons. The molecule has 1 aliphatic rings. The Kier molecular flexibility index (Phi) is 7.24. The number of nitrogens with one attached hydrogen (secondary N) is 1. The zero-order valence-electron chi connectivity index (χ0n) is 20.7. The normalized spacial score (nSPS) is 13.8. The highest BCUT2D eigenvalue weighted by atomic mass is 28.3. The molecule has 4 nitrogen and oxygen atoms in total. The Morgan fingerprint density at radius 1 is 0.912 bits per heavy atom. The van der Waals surface area contributed by atoms with Gasteiger partial charge in [-0.3, -0.25) is 0 Å². The largest absolute Gasteiger partial charge is 0.494 e. The van der Waals surface area contributed by atoms with Gasteiger partial charge in [0.15, 0.2) is 0 Å². The van der Waals surface area contributed by atoms with Gasteiger partial charge in [-0.1, -0.05) is 91.8 Å². The van der Waals surface area contributed by atoms with E-state index in [1.807, 2.05) is 12.1 Å². The zero-order chi connectivity index (χ0) is 24.2. The maximum absolute atomic E-state index is 12.3. The van der Waals surface area contributed by atoms with E-state index in [0.717, 1.165) is 35.9 Å². The third kappa shape index (κ3) is 4.55.